The zero-order valence-electron chi connectivity index (χ0n) is 13.7. The molecule has 3 rings (SSSR count). The average Bonchev–Trinajstić information content (AvgIpc) is 3.19. The fraction of sp³-hybridized carbons (Fsp3) is 1.00. The number of nitrogens with two attached hydrogens (primary N) is 1. The molecule has 2 aliphatic heterocycles. The molecule has 2 N–H and O–H groups in total. The van der Waals surface area contributed by atoms with E-state index < -0.39 is 0 Å². The Morgan fingerprint density at radius 1 is 1.05 bits per heavy atom. The van der Waals surface area contributed by atoms with Crippen molar-refractivity contribution in [3.8, 4) is 0 Å². The van der Waals surface area contributed by atoms with E-state index in [1.807, 2.05) is 0 Å². The minimum atomic E-state index is 0.228. The lowest BCUT2D eigenvalue weighted by molar-refractivity contribution is -0.00620. The van der Waals surface area contributed by atoms with Crippen LogP contribution in [0.25, 0.3) is 0 Å². The van der Waals surface area contributed by atoms with Crippen LogP contribution in [0, 0.1) is 0 Å². The Hall–Kier alpha value is -0.160. The van der Waals surface area contributed by atoms with E-state index in [9.17, 15) is 0 Å². The highest BCUT2D eigenvalue weighted by Gasteiger charge is 2.50. The molecular formula is C16H32N4. The van der Waals surface area contributed by atoms with E-state index in [-0.39, 0.29) is 5.54 Å². The van der Waals surface area contributed by atoms with Gasteiger partial charge in [-0.1, -0.05) is 0 Å². The summed E-state index contributed by atoms with van der Waals surface area (Å²) in [5.41, 5.74) is 6.52. The van der Waals surface area contributed by atoms with E-state index in [1.165, 1.54) is 38.9 Å². The summed E-state index contributed by atoms with van der Waals surface area (Å²) >= 11 is 0. The number of likely N-dealkylation sites (N-methyl/N-ethyl adjacent to an activating group) is 1. The predicted octanol–water partition coefficient (Wildman–Crippen LogP) is 0.965. The highest BCUT2D eigenvalue weighted by Crippen LogP contribution is 2.40. The van der Waals surface area contributed by atoms with Crippen LogP contribution in [-0.4, -0.2) is 77.6 Å². The molecule has 20 heavy (non-hydrogen) atoms. The first-order chi connectivity index (χ1) is 9.47. The number of nitrogens with zero attached hydrogens (tertiary/aromatic N) is 3. The van der Waals surface area contributed by atoms with Gasteiger partial charge < -0.3 is 5.73 Å². The maximum atomic E-state index is 6.29. The first-order valence-electron chi connectivity index (χ1n) is 8.39. The van der Waals surface area contributed by atoms with Crippen molar-refractivity contribution in [3.63, 3.8) is 0 Å². The SMILES string of the molecule is CC1CN(C2(CN)CC(C)N(C3CC3)C2)CC(C)N1C. The number of rotatable bonds is 3. The van der Waals surface area contributed by atoms with Crippen LogP contribution in [0.3, 0.4) is 0 Å². The van der Waals surface area contributed by atoms with Crippen molar-refractivity contribution in [1.82, 2.24) is 14.7 Å². The summed E-state index contributed by atoms with van der Waals surface area (Å²) in [6, 6.07) is 2.83. The third kappa shape index (κ3) is 2.41. The maximum absolute atomic E-state index is 6.29. The van der Waals surface area contributed by atoms with Crippen LogP contribution in [0.1, 0.15) is 40.0 Å². The molecule has 1 aliphatic carbocycles. The molecule has 4 heteroatoms. The average molecular weight is 280 g/mol. The first-order valence-corrected chi connectivity index (χ1v) is 8.39. The highest BCUT2D eigenvalue weighted by molar-refractivity contribution is 5.08. The van der Waals surface area contributed by atoms with Crippen molar-refractivity contribution < 1.29 is 0 Å². The molecule has 0 aromatic carbocycles. The third-order valence-electron chi connectivity index (χ3n) is 6.14. The van der Waals surface area contributed by atoms with Crippen LogP contribution in [0.2, 0.25) is 0 Å². The molecule has 0 amide bonds. The second-order valence-corrected chi connectivity index (χ2v) is 7.65. The van der Waals surface area contributed by atoms with Gasteiger partial charge in [-0.3, -0.25) is 14.7 Å². The Balaban J connectivity index is 1.76. The molecule has 0 aromatic heterocycles. The zero-order chi connectivity index (χ0) is 14.5. The summed E-state index contributed by atoms with van der Waals surface area (Å²) in [7, 11) is 2.26. The van der Waals surface area contributed by atoms with Gasteiger partial charge in [0.1, 0.15) is 0 Å². The van der Waals surface area contributed by atoms with E-state index in [4.69, 9.17) is 5.73 Å². The Morgan fingerprint density at radius 2 is 1.65 bits per heavy atom. The van der Waals surface area contributed by atoms with Gasteiger partial charge in [-0.15, -0.1) is 0 Å². The molecule has 1 saturated carbocycles. The van der Waals surface area contributed by atoms with Gasteiger partial charge >= 0.3 is 0 Å². The largest absolute Gasteiger partial charge is 0.329 e. The predicted molar refractivity (Wildman–Crippen MR) is 83.9 cm³/mol. The molecule has 4 unspecified atom stereocenters. The summed E-state index contributed by atoms with van der Waals surface area (Å²) in [6.45, 7) is 11.4. The lowest BCUT2D eigenvalue weighted by Crippen LogP contribution is -2.65. The Labute approximate surface area is 124 Å². The molecular weight excluding hydrogens is 248 g/mol. The molecule has 0 radical (unpaired) electrons. The van der Waals surface area contributed by atoms with Crippen molar-refractivity contribution in [2.24, 2.45) is 5.73 Å². The second-order valence-electron chi connectivity index (χ2n) is 7.65. The number of likely N-dealkylation sites (tertiary alicyclic amines) is 1. The number of hydrogen-bond donors (Lipinski definition) is 1. The lowest BCUT2D eigenvalue weighted by atomic mass is 9.91. The molecule has 4 nitrogen and oxygen atoms in total. The maximum Gasteiger partial charge on any atom is 0.0474 e. The highest BCUT2D eigenvalue weighted by atomic mass is 15.4. The van der Waals surface area contributed by atoms with Crippen molar-refractivity contribution in [3.05, 3.63) is 0 Å². The summed E-state index contributed by atoms with van der Waals surface area (Å²) in [5.74, 6) is 0. The van der Waals surface area contributed by atoms with Crippen LogP contribution >= 0.6 is 0 Å². The molecule has 0 bridgehead atoms. The molecule has 3 fully saturated rings. The fourth-order valence-corrected chi connectivity index (χ4v) is 4.42. The summed E-state index contributed by atoms with van der Waals surface area (Å²) < 4.78 is 0. The molecule has 0 aromatic rings. The van der Waals surface area contributed by atoms with E-state index >= 15 is 0 Å². The molecule has 116 valence electrons. The van der Waals surface area contributed by atoms with E-state index in [0.29, 0.717) is 18.1 Å². The number of piperazine rings is 1. The number of hydrogen-bond acceptors (Lipinski definition) is 4. The summed E-state index contributed by atoms with van der Waals surface area (Å²) in [5, 5.41) is 0. The van der Waals surface area contributed by atoms with Crippen LogP contribution in [0.5, 0.6) is 0 Å². The molecule has 3 aliphatic rings. The van der Waals surface area contributed by atoms with Gasteiger partial charge in [0, 0.05) is 55.9 Å². The van der Waals surface area contributed by atoms with Crippen molar-refractivity contribution in [2.45, 2.75) is 69.7 Å². The molecule has 2 saturated heterocycles. The van der Waals surface area contributed by atoms with Gasteiger partial charge in [-0.05, 0) is 47.1 Å². The van der Waals surface area contributed by atoms with Crippen LogP contribution in [0.15, 0.2) is 0 Å². The lowest BCUT2D eigenvalue weighted by Gasteiger charge is -2.50. The van der Waals surface area contributed by atoms with Gasteiger partial charge in [0.25, 0.3) is 0 Å². The quantitative estimate of drug-likeness (QED) is 0.835. The Kier molecular flexibility index (Phi) is 3.87. The van der Waals surface area contributed by atoms with Crippen LogP contribution in [-0.2, 0) is 0 Å². The van der Waals surface area contributed by atoms with E-state index in [1.54, 1.807) is 0 Å². The van der Waals surface area contributed by atoms with Crippen molar-refractivity contribution >= 4 is 0 Å². The minimum absolute atomic E-state index is 0.228. The van der Waals surface area contributed by atoms with Gasteiger partial charge in [0.2, 0.25) is 0 Å². The smallest absolute Gasteiger partial charge is 0.0474 e. The fourth-order valence-electron chi connectivity index (χ4n) is 4.42. The van der Waals surface area contributed by atoms with Crippen molar-refractivity contribution in [1.29, 1.82) is 0 Å². The van der Waals surface area contributed by atoms with E-state index in [0.717, 1.165) is 12.6 Å². The molecule has 4 atom stereocenters. The molecule has 0 spiro atoms. The topological polar surface area (TPSA) is 35.7 Å². The summed E-state index contributed by atoms with van der Waals surface area (Å²) in [4.78, 5) is 7.97. The Bertz CT molecular complexity index is 344. The van der Waals surface area contributed by atoms with Crippen LogP contribution in [0.4, 0.5) is 0 Å². The van der Waals surface area contributed by atoms with Crippen molar-refractivity contribution in [2.75, 3.05) is 33.2 Å². The second kappa shape index (κ2) is 5.24. The van der Waals surface area contributed by atoms with Crippen LogP contribution < -0.4 is 5.73 Å². The van der Waals surface area contributed by atoms with Gasteiger partial charge in [0.15, 0.2) is 0 Å². The monoisotopic (exact) mass is 280 g/mol. The normalized spacial score (nSPS) is 45.1. The minimum Gasteiger partial charge on any atom is -0.329 e. The van der Waals surface area contributed by atoms with E-state index in [2.05, 4.69) is 42.5 Å². The van der Waals surface area contributed by atoms with Gasteiger partial charge in [0.05, 0.1) is 0 Å². The zero-order valence-corrected chi connectivity index (χ0v) is 13.7. The van der Waals surface area contributed by atoms with Gasteiger partial charge in [-0.25, -0.2) is 0 Å². The molecule has 2 heterocycles. The standard InChI is InChI=1S/C16H32N4/c1-12-7-16(10-17,11-20(12)15-5-6-15)19-8-13(2)18(4)14(3)9-19/h12-15H,5-11,17H2,1-4H3. The Morgan fingerprint density at radius 3 is 2.15 bits per heavy atom. The first kappa shape index (κ1) is 14.8. The third-order valence-corrected chi connectivity index (χ3v) is 6.14. The summed E-state index contributed by atoms with van der Waals surface area (Å²) in [6.07, 6.45) is 4.06. The van der Waals surface area contributed by atoms with Gasteiger partial charge in [-0.2, -0.15) is 0 Å².